The molecule has 1 aliphatic rings. The maximum Gasteiger partial charge on any atom is 0.410 e. The van der Waals surface area contributed by atoms with Crippen LogP contribution >= 0.6 is 0 Å². The van der Waals surface area contributed by atoms with E-state index >= 15 is 0 Å². The van der Waals surface area contributed by atoms with Gasteiger partial charge in [-0.1, -0.05) is 31.2 Å². The van der Waals surface area contributed by atoms with Gasteiger partial charge in [0.1, 0.15) is 16.8 Å². The van der Waals surface area contributed by atoms with Gasteiger partial charge in [0, 0.05) is 6.42 Å². The van der Waals surface area contributed by atoms with Crippen molar-refractivity contribution in [2.24, 2.45) is 5.92 Å². The standard InChI is InChI=1S/C28H46FNO5/c1-9-11-12-13-14-15-23(24(31)34-26(4,5)6)16-17-27(7,8)35-25(32)30-20-28(21-30,19-22(3)29)33-18-10-2/h9-11,23H,2-3,12-21H2,1,4-8H3. The van der Waals surface area contributed by atoms with E-state index in [0.717, 1.165) is 25.7 Å². The average Bonchev–Trinajstić information content (AvgIpc) is 2.69. The number of esters is 1. The molecule has 1 fully saturated rings. The summed E-state index contributed by atoms with van der Waals surface area (Å²) in [4.78, 5) is 27.1. The first-order chi connectivity index (χ1) is 16.2. The van der Waals surface area contributed by atoms with Crippen LogP contribution in [0.3, 0.4) is 0 Å². The van der Waals surface area contributed by atoms with E-state index in [-0.39, 0.29) is 38.0 Å². The number of hydrogen-bond acceptors (Lipinski definition) is 5. The van der Waals surface area contributed by atoms with Crippen LogP contribution in [0.5, 0.6) is 0 Å². The van der Waals surface area contributed by atoms with Crippen molar-refractivity contribution in [1.82, 2.24) is 4.90 Å². The molecule has 0 bridgehead atoms. The third-order valence-electron chi connectivity index (χ3n) is 5.85. The van der Waals surface area contributed by atoms with Crippen LogP contribution in [0.2, 0.25) is 0 Å². The molecule has 0 saturated carbocycles. The molecule has 7 heteroatoms. The van der Waals surface area contributed by atoms with E-state index < -0.39 is 28.7 Å². The molecule has 0 aliphatic carbocycles. The van der Waals surface area contributed by atoms with Crippen LogP contribution in [-0.2, 0) is 19.0 Å². The van der Waals surface area contributed by atoms with E-state index in [4.69, 9.17) is 14.2 Å². The van der Waals surface area contributed by atoms with Crippen LogP contribution in [-0.4, -0.2) is 53.5 Å². The lowest BCUT2D eigenvalue weighted by atomic mass is 9.89. The maximum atomic E-state index is 13.5. The van der Waals surface area contributed by atoms with Crippen LogP contribution in [0.1, 0.15) is 86.5 Å². The summed E-state index contributed by atoms with van der Waals surface area (Å²) >= 11 is 0. The molecule has 200 valence electrons. The normalized spacial score (nSPS) is 16.5. The first-order valence-corrected chi connectivity index (χ1v) is 12.6. The molecule has 0 aromatic rings. The molecule has 1 rings (SSSR count). The Morgan fingerprint density at radius 3 is 2.31 bits per heavy atom. The van der Waals surface area contributed by atoms with Gasteiger partial charge in [0.15, 0.2) is 0 Å². The Kier molecular flexibility index (Phi) is 12.2. The predicted octanol–water partition coefficient (Wildman–Crippen LogP) is 6.91. The van der Waals surface area contributed by atoms with E-state index in [9.17, 15) is 14.0 Å². The maximum absolute atomic E-state index is 13.5. The summed E-state index contributed by atoms with van der Waals surface area (Å²) in [5.41, 5.74) is -2.12. The van der Waals surface area contributed by atoms with E-state index in [1.54, 1.807) is 6.08 Å². The molecule has 0 spiro atoms. The molecule has 1 saturated heterocycles. The number of carbonyl (C=O) groups is 2. The first-order valence-electron chi connectivity index (χ1n) is 12.6. The Balaban J connectivity index is 2.67. The highest BCUT2D eigenvalue weighted by atomic mass is 19.1. The molecule has 1 atom stereocenters. The molecule has 0 N–H and O–H groups in total. The number of likely N-dealkylation sites (tertiary alicyclic amines) is 1. The summed E-state index contributed by atoms with van der Waals surface area (Å²) in [6, 6.07) is 0. The number of hydrogen-bond donors (Lipinski definition) is 0. The summed E-state index contributed by atoms with van der Waals surface area (Å²) in [6.45, 7) is 18.9. The van der Waals surface area contributed by atoms with Crippen LogP contribution in [0.25, 0.3) is 0 Å². The van der Waals surface area contributed by atoms with Crippen LogP contribution in [0.15, 0.2) is 37.2 Å². The van der Waals surface area contributed by atoms with Crippen molar-refractivity contribution < 1.29 is 28.2 Å². The van der Waals surface area contributed by atoms with E-state index in [0.29, 0.717) is 12.8 Å². The van der Waals surface area contributed by atoms with E-state index in [1.165, 1.54) is 4.90 Å². The molecule has 1 heterocycles. The summed E-state index contributed by atoms with van der Waals surface area (Å²) in [7, 11) is 0. The van der Waals surface area contributed by atoms with Crippen molar-refractivity contribution >= 4 is 12.1 Å². The van der Waals surface area contributed by atoms with Gasteiger partial charge < -0.3 is 19.1 Å². The summed E-state index contributed by atoms with van der Waals surface area (Å²) in [5.74, 6) is -0.942. The van der Waals surface area contributed by atoms with Gasteiger partial charge in [-0.15, -0.1) is 6.58 Å². The number of nitrogens with zero attached hydrogens (tertiary/aromatic N) is 1. The largest absolute Gasteiger partial charge is 0.460 e. The number of rotatable bonds is 15. The van der Waals surface area contributed by atoms with Crippen LogP contribution in [0.4, 0.5) is 9.18 Å². The lowest BCUT2D eigenvalue weighted by Crippen LogP contribution is -2.65. The van der Waals surface area contributed by atoms with Crippen molar-refractivity contribution in [2.75, 3.05) is 19.7 Å². The van der Waals surface area contributed by atoms with Gasteiger partial charge in [0.25, 0.3) is 0 Å². The van der Waals surface area contributed by atoms with Gasteiger partial charge in [0.05, 0.1) is 31.4 Å². The minimum absolute atomic E-state index is 0.0274. The Morgan fingerprint density at radius 1 is 1.11 bits per heavy atom. The molecule has 1 unspecified atom stereocenters. The first kappa shape index (κ1) is 30.9. The lowest BCUT2D eigenvalue weighted by Gasteiger charge is -2.49. The Bertz CT molecular complexity index is 747. The summed E-state index contributed by atoms with van der Waals surface area (Å²) < 4.78 is 30.6. The van der Waals surface area contributed by atoms with Gasteiger partial charge in [0.2, 0.25) is 0 Å². The molecule has 0 aromatic carbocycles. The zero-order valence-corrected chi connectivity index (χ0v) is 22.7. The van der Waals surface area contributed by atoms with E-state index in [1.807, 2.05) is 47.6 Å². The fraction of sp³-hybridized carbons (Fsp3) is 0.714. The second kappa shape index (κ2) is 13.8. The highest BCUT2D eigenvalue weighted by Crippen LogP contribution is 2.34. The monoisotopic (exact) mass is 495 g/mol. The molecule has 6 nitrogen and oxygen atoms in total. The Labute approximate surface area is 211 Å². The van der Waals surface area contributed by atoms with Crippen LogP contribution in [0, 0.1) is 5.92 Å². The van der Waals surface area contributed by atoms with Gasteiger partial charge in [-0.05, 0) is 73.6 Å². The third kappa shape index (κ3) is 11.9. The molecular formula is C28H46FNO5. The van der Waals surface area contributed by atoms with Crippen molar-refractivity contribution in [2.45, 2.75) is 103 Å². The number of ether oxygens (including phenoxy) is 3. The average molecular weight is 496 g/mol. The molecular weight excluding hydrogens is 449 g/mol. The molecule has 0 aromatic heterocycles. The number of halogens is 1. The second-order valence-electron chi connectivity index (χ2n) is 11.1. The smallest absolute Gasteiger partial charge is 0.410 e. The number of unbranched alkanes of at least 4 members (excludes halogenated alkanes) is 2. The molecule has 1 amide bonds. The van der Waals surface area contributed by atoms with E-state index in [2.05, 4.69) is 19.2 Å². The van der Waals surface area contributed by atoms with Gasteiger partial charge in [-0.2, -0.15) is 0 Å². The summed E-state index contributed by atoms with van der Waals surface area (Å²) in [5, 5.41) is 0. The number of amides is 1. The molecule has 35 heavy (non-hydrogen) atoms. The fourth-order valence-corrected chi connectivity index (χ4v) is 4.08. The van der Waals surface area contributed by atoms with Crippen molar-refractivity contribution in [1.29, 1.82) is 0 Å². The van der Waals surface area contributed by atoms with Gasteiger partial charge in [-0.25, -0.2) is 9.18 Å². The zero-order chi connectivity index (χ0) is 26.7. The Hall–Kier alpha value is -2.15. The van der Waals surface area contributed by atoms with Crippen molar-refractivity contribution in [3.8, 4) is 0 Å². The van der Waals surface area contributed by atoms with Gasteiger partial charge >= 0.3 is 12.1 Å². The second-order valence-corrected chi connectivity index (χ2v) is 11.1. The minimum atomic E-state index is -0.794. The summed E-state index contributed by atoms with van der Waals surface area (Å²) in [6.07, 6.45) is 10.0. The molecule has 0 radical (unpaired) electrons. The topological polar surface area (TPSA) is 65.1 Å². The minimum Gasteiger partial charge on any atom is -0.460 e. The fourth-order valence-electron chi connectivity index (χ4n) is 4.08. The highest BCUT2D eigenvalue weighted by molar-refractivity contribution is 5.73. The van der Waals surface area contributed by atoms with Crippen molar-refractivity contribution in [3.63, 3.8) is 0 Å². The predicted molar refractivity (Wildman–Crippen MR) is 138 cm³/mol. The van der Waals surface area contributed by atoms with Gasteiger partial charge in [-0.3, -0.25) is 4.79 Å². The third-order valence-corrected chi connectivity index (χ3v) is 5.85. The zero-order valence-electron chi connectivity index (χ0n) is 22.7. The Morgan fingerprint density at radius 2 is 1.77 bits per heavy atom. The lowest BCUT2D eigenvalue weighted by molar-refractivity contribution is -0.161. The highest BCUT2D eigenvalue weighted by Gasteiger charge is 2.48. The number of carbonyl (C=O) groups excluding carboxylic acids is 2. The van der Waals surface area contributed by atoms with Crippen LogP contribution < -0.4 is 0 Å². The molecule has 1 aliphatic heterocycles. The SMILES string of the molecule is C=CCOC1(CC(=C)F)CN(C(=O)OC(C)(C)CCC(CCCCC=CC)C(=O)OC(C)(C)C)C1. The van der Waals surface area contributed by atoms with Crippen molar-refractivity contribution in [3.05, 3.63) is 37.2 Å². The number of allylic oxidation sites excluding steroid dienone is 2. The quantitative estimate of drug-likeness (QED) is 0.140.